The Bertz CT molecular complexity index is 1150. The van der Waals surface area contributed by atoms with E-state index in [-0.39, 0.29) is 23.5 Å². The van der Waals surface area contributed by atoms with E-state index in [4.69, 9.17) is 4.52 Å². The van der Waals surface area contributed by atoms with Crippen LogP contribution in [-0.4, -0.2) is 26.8 Å². The number of nitrogens with zero attached hydrogens (tertiary/aromatic N) is 3. The highest BCUT2D eigenvalue weighted by atomic mass is 32.2. The summed E-state index contributed by atoms with van der Waals surface area (Å²) in [5.74, 6) is 0.687. The van der Waals surface area contributed by atoms with E-state index in [0.717, 1.165) is 11.1 Å². The van der Waals surface area contributed by atoms with E-state index in [1.165, 1.54) is 23.9 Å². The monoisotopic (exact) mass is 434 g/mol. The van der Waals surface area contributed by atoms with Gasteiger partial charge in [-0.2, -0.15) is 4.98 Å². The summed E-state index contributed by atoms with van der Waals surface area (Å²) in [6, 6.07) is 19.1. The van der Waals surface area contributed by atoms with Crippen LogP contribution in [0, 0.1) is 5.82 Å². The fourth-order valence-corrected chi connectivity index (χ4v) is 3.55. The lowest BCUT2D eigenvalue weighted by atomic mass is 10.1. The molecule has 0 bridgehead atoms. The van der Waals surface area contributed by atoms with Gasteiger partial charge in [0.1, 0.15) is 5.82 Å². The molecule has 1 amide bonds. The number of carbonyl (C=O) groups is 1. The van der Waals surface area contributed by atoms with Gasteiger partial charge in [0.2, 0.25) is 11.7 Å². The van der Waals surface area contributed by atoms with Crippen LogP contribution < -0.4 is 5.32 Å². The minimum absolute atomic E-state index is 0.128. The first kappa shape index (κ1) is 20.7. The number of hydrogen-bond acceptors (Lipinski definition) is 6. The average molecular weight is 434 g/mol. The molecule has 2 aromatic heterocycles. The number of carbonyl (C=O) groups excluding carboxylic acids is 1. The number of rotatable bonds is 7. The summed E-state index contributed by atoms with van der Waals surface area (Å²) in [6.07, 6.45) is 1.64. The highest BCUT2D eigenvalue weighted by Crippen LogP contribution is 2.24. The fraction of sp³-hybridized carbons (Fsp3) is 0.130. The summed E-state index contributed by atoms with van der Waals surface area (Å²) < 4.78 is 18.4. The molecule has 0 saturated carbocycles. The van der Waals surface area contributed by atoms with Crippen molar-refractivity contribution in [2.75, 3.05) is 5.75 Å². The van der Waals surface area contributed by atoms with Crippen LogP contribution in [0.1, 0.15) is 18.5 Å². The lowest BCUT2D eigenvalue weighted by molar-refractivity contribution is -0.119. The van der Waals surface area contributed by atoms with Gasteiger partial charge >= 0.3 is 0 Å². The van der Waals surface area contributed by atoms with Crippen LogP contribution in [0.4, 0.5) is 4.39 Å². The number of hydrogen-bond donors (Lipinski definition) is 1. The topological polar surface area (TPSA) is 80.9 Å². The van der Waals surface area contributed by atoms with E-state index >= 15 is 0 Å². The molecule has 0 aliphatic rings. The smallest absolute Gasteiger partial charge is 0.259 e. The second-order valence-corrected chi connectivity index (χ2v) is 7.80. The van der Waals surface area contributed by atoms with E-state index in [1.54, 1.807) is 18.3 Å². The zero-order chi connectivity index (χ0) is 21.6. The summed E-state index contributed by atoms with van der Waals surface area (Å²) in [4.78, 5) is 21.0. The highest BCUT2D eigenvalue weighted by Gasteiger charge is 2.13. The summed E-state index contributed by atoms with van der Waals surface area (Å²) in [7, 11) is 0. The van der Waals surface area contributed by atoms with Crippen molar-refractivity contribution in [2.45, 2.75) is 18.0 Å². The van der Waals surface area contributed by atoms with Gasteiger partial charge in [-0.15, -0.1) is 0 Å². The zero-order valence-electron chi connectivity index (χ0n) is 16.7. The van der Waals surface area contributed by atoms with Gasteiger partial charge < -0.3 is 9.84 Å². The largest absolute Gasteiger partial charge is 0.349 e. The molecule has 0 saturated heterocycles. The molecule has 4 aromatic rings. The lowest BCUT2D eigenvalue weighted by Crippen LogP contribution is -2.28. The first-order valence-corrected chi connectivity index (χ1v) is 10.6. The van der Waals surface area contributed by atoms with E-state index in [0.29, 0.717) is 22.3 Å². The molecule has 0 spiro atoms. The lowest BCUT2D eigenvalue weighted by Gasteiger charge is -2.14. The Labute approximate surface area is 182 Å². The van der Waals surface area contributed by atoms with Crippen molar-refractivity contribution in [3.05, 3.63) is 84.3 Å². The standard InChI is InChI=1S/C23H19FN4O2S/c1-15(16-7-10-19(24)11-8-16)26-20(29)14-31-21-12-9-18(13-25-21)23-27-22(28-30-23)17-5-3-2-4-6-17/h2-13,15H,14H2,1H3,(H,26,29)/t15-/m0/s1. The van der Waals surface area contributed by atoms with E-state index in [1.807, 2.05) is 49.4 Å². The Hall–Kier alpha value is -3.52. The number of benzene rings is 2. The molecule has 2 aromatic carbocycles. The maximum atomic E-state index is 13.0. The Morgan fingerprint density at radius 3 is 2.55 bits per heavy atom. The molecule has 1 N–H and O–H groups in total. The van der Waals surface area contributed by atoms with Gasteiger partial charge in [-0.1, -0.05) is 59.4 Å². The SMILES string of the molecule is C[C@H](NC(=O)CSc1ccc(-c2nc(-c3ccccc3)no2)cn1)c1ccc(F)cc1. The molecule has 156 valence electrons. The summed E-state index contributed by atoms with van der Waals surface area (Å²) in [6.45, 7) is 1.86. The molecule has 0 fully saturated rings. The Morgan fingerprint density at radius 1 is 1.06 bits per heavy atom. The zero-order valence-corrected chi connectivity index (χ0v) is 17.5. The maximum Gasteiger partial charge on any atom is 0.259 e. The molecule has 0 radical (unpaired) electrons. The molecule has 6 nitrogen and oxygen atoms in total. The van der Waals surface area contributed by atoms with Crippen LogP contribution in [0.5, 0.6) is 0 Å². The number of amides is 1. The van der Waals surface area contributed by atoms with Crippen molar-refractivity contribution in [3.8, 4) is 22.8 Å². The van der Waals surface area contributed by atoms with Gasteiger partial charge in [0.25, 0.3) is 5.89 Å². The fourth-order valence-electron chi connectivity index (χ4n) is 2.89. The third kappa shape index (κ3) is 5.35. The van der Waals surface area contributed by atoms with Crippen LogP contribution in [0.15, 0.2) is 82.5 Å². The average Bonchev–Trinajstić information content (AvgIpc) is 3.29. The first-order chi connectivity index (χ1) is 15.1. The molecular weight excluding hydrogens is 415 g/mol. The van der Waals surface area contributed by atoms with Crippen molar-refractivity contribution in [2.24, 2.45) is 0 Å². The van der Waals surface area contributed by atoms with E-state index in [9.17, 15) is 9.18 Å². The van der Waals surface area contributed by atoms with Gasteiger partial charge in [-0.3, -0.25) is 4.79 Å². The molecule has 0 unspecified atom stereocenters. The number of thioether (sulfide) groups is 1. The Kier molecular flexibility index (Phi) is 6.37. The van der Waals surface area contributed by atoms with Gasteiger partial charge in [0.05, 0.1) is 22.4 Å². The van der Waals surface area contributed by atoms with Crippen molar-refractivity contribution in [1.29, 1.82) is 0 Å². The van der Waals surface area contributed by atoms with Gasteiger partial charge in [-0.25, -0.2) is 9.37 Å². The molecule has 1 atom stereocenters. The third-order valence-electron chi connectivity index (χ3n) is 4.54. The Morgan fingerprint density at radius 2 is 1.84 bits per heavy atom. The minimum Gasteiger partial charge on any atom is -0.349 e. The number of nitrogens with one attached hydrogen (secondary N) is 1. The van der Waals surface area contributed by atoms with Crippen LogP contribution >= 0.6 is 11.8 Å². The number of aromatic nitrogens is 3. The highest BCUT2D eigenvalue weighted by molar-refractivity contribution is 7.99. The molecule has 8 heteroatoms. The number of pyridine rings is 1. The summed E-state index contributed by atoms with van der Waals surface area (Å²) in [5.41, 5.74) is 2.42. The molecule has 0 aliphatic heterocycles. The molecule has 2 heterocycles. The molecule has 0 aliphatic carbocycles. The van der Waals surface area contributed by atoms with E-state index in [2.05, 4.69) is 20.4 Å². The first-order valence-electron chi connectivity index (χ1n) is 9.61. The van der Waals surface area contributed by atoms with E-state index < -0.39 is 0 Å². The van der Waals surface area contributed by atoms with Crippen molar-refractivity contribution in [3.63, 3.8) is 0 Å². The van der Waals surface area contributed by atoms with Crippen LogP contribution in [0.2, 0.25) is 0 Å². The van der Waals surface area contributed by atoms with Crippen LogP contribution in [-0.2, 0) is 4.79 Å². The summed E-state index contributed by atoms with van der Waals surface area (Å²) in [5, 5.41) is 7.61. The molecular formula is C23H19FN4O2S. The van der Waals surface area contributed by atoms with Crippen molar-refractivity contribution < 1.29 is 13.7 Å². The van der Waals surface area contributed by atoms with Crippen LogP contribution in [0.3, 0.4) is 0 Å². The molecule has 4 rings (SSSR count). The van der Waals surface area contributed by atoms with Gasteiger partial charge in [-0.05, 0) is 36.8 Å². The van der Waals surface area contributed by atoms with Crippen molar-refractivity contribution >= 4 is 17.7 Å². The molecule has 31 heavy (non-hydrogen) atoms. The number of halogens is 1. The normalized spacial score (nSPS) is 11.8. The van der Waals surface area contributed by atoms with Gasteiger partial charge in [0, 0.05) is 11.8 Å². The minimum atomic E-state index is -0.302. The maximum absolute atomic E-state index is 13.0. The van der Waals surface area contributed by atoms with Gasteiger partial charge in [0.15, 0.2) is 0 Å². The third-order valence-corrected chi connectivity index (χ3v) is 5.48. The predicted molar refractivity (Wildman–Crippen MR) is 117 cm³/mol. The quantitative estimate of drug-likeness (QED) is 0.417. The second-order valence-electron chi connectivity index (χ2n) is 6.80. The second kappa shape index (κ2) is 9.53. The van der Waals surface area contributed by atoms with Crippen LogP contribution in [0.25, 0.3) is 22.8 Å². The van der Waals surface area contributed by atoms with Crippen molar-refractivity contribution in [1.82, 2.24) is 20.4 Å². The summed E-state index contributed by atoms with van der Waals surface area (Å²) >= 11 is 1.32. The predicted octanol–water partition coefficient (Wildman–Crippen LogP) is 4.91. The Balaban J connectivity index is 1.32.